The average Bonchev–Trinajstić information content (AvgIpc) is 3.12. The molecule has 0 aliphatic heterocycles. The molecule has 8 nitrogen and oxygen atoms in total. The quantitative estimate of drug-likeness (QED) is 0.0246. The molecule has 322 valence electrons. The molecule has 1 amide bonds. The molecule has 0 spiro atoms. The molecule has 0 heterocycles. The van der Waals surface area contributed by atoms with Gasteiger partial charge in [-0.25, -0.2) is 4.57 Å². The lowest BCUT2D eigenvalue weighted by Crippen LogP contribution is -2.45. The first kappa shape index (κ1) is 53.2. The molecule has 9 heteroatoms. The summed E-state index contributed by atoms with van der Waals surface area (Å²) in [5, 5.41) is 13.8. The molecule has 0 rings (SSSR count). The molecule has 1 unspecified atom stereocenters. The molecule has 0 saturated carbocycles. The van der Waals surface area contributed by atoms with Crippen LogP contribution in [0.15, 0.2) is 12.2 Å². The van der Waals surface area contributed by atoms with Gasteiger partial charge < -0.3 is 19.8 Å². The molecule has 0 radical (unpaired) electrons. The van der Waals surface area contributed by atoms with E-state index in [2.05, 4.69) is 19.2 Å². The monoisotopic (exact) mass is 788 g/mol. The first-order chi connectivity index (χ1) is 26.0. The van der Waals surface area contributed by atoms with Crippen molar-refractivity contribution in [3.63, 3.8) is 0 Å². The molecule has 0 saturated heterocycles. The van der Waals surface area contributed by atoms with Gasteiger partial charge in [0.2, 0.25) is 5.91 Å². The number of hydrogen-bond donors (Lipinski definition) is 3. The van der Waals surface area contributed by atoms with E-state index in [-0.39, 0.29) is 19.1 Å². The maximum atomic E-state index is 12.9. The number of carbonyl (C=O) groups is 1. The molecule has 0 aromatic carbocycles. The molecular weight excluding hydrogens is 695 g/mol. The SMILES string of the molecule is CCCCCCCCCCCCC/C=C/[C@@H](O)[C@H](COP(=O)(O)OCC[N+](C)(C)C)NC(=O)CCCCCCCCCCCCCCCCCCCCC. The Labute approximate surface area is 335 Å². The Balaban J connectivity index is 4.32. The van der Waals surface area contributed by atoms with Gasteiger partial charge in [-0.2, -0.15) is 0 Å². The molecule has 0 bridgehead atoms. The topological polar surface area (TPSA) is 105 Å². The van der Waals surface area contributed by atoms with Crippen molar-refractivity contribution in [3.05, 3.63) is 12.2 Å². The van der Waals surface area contributed by atoms with Gasteiger partial charge in [0.15, 0.2) is 0 Å². The summed E-state index contributed by atoms with van der Waals surface area (Å²) >= 11 is 0. The molecule has 3 N–H and O–H groups in total. The highest BCUT2D eigenvalue weighted by molar-refractivity contribution is 7.47. The van der Waals surface area contributed by atoms with Crippen LogP contribution in [-0.2, 0) is 18.4 Å². The second-order valence-corrected chi connectivity index (χ2v) is 18.6. The van der Waals surface area contributed by atoms with Gasteiger partial charge in [-0.15, -0.1) is 0 Å². The average molecular weight is 788 g/mol. The summed E-state index contributed by atoms with van der Waals surface area (Å²) in [6, 6.07) is -0.839. The van der Waals surface area contributed by atoms with Crippen LogP contribution < -0.4 is 5.32 Å². The van der Waals surface area contributed by atoms with Crippen LogP contribution in [0.1, 0.15) is 219 Å². The third-order valence-corrected chi connectivity index (χ3v) is 11.5. The van der Waals surface area contributed by atoms with E-state index in [0.717, 1.165) is 38.5 Å². The zero-order valence-electron chi connectivity index (χ0n) is 36.5. The zero-order valence-corrected chi connectivity index (χ0v) is 37.4. The lowest BCUT2D eigenvalue weighted by atomic mass is 10.0. The van der Waals surface area contributed by atoms with Gasteiger partial charge in [-0.05, 0) is 19.3 Å². The van der Waals surface area contributed by atoms with Crippen LogP contribution in [0.2, 0.25) is 0 Å². The van der Waals surface area contributed by atoms with E-state index in [9.17, 15) is 19.4 Å². The van der Waals surface area contributed by atoms with Crippen molar-refractivity contribution in [3.8, 4) is 0 Å². The number of carbonyl (C=O) groups excluding carboxylic acids is 1. The lowest BCUT2D eigenvalue weighted by molar-refractivity contribution is -0.870. The summed E-state index contributed by atoms with van der Waals surface area (Å²) < 4.78 is 23.6. The molecule has 0 aromatic heterocycles. The van der Waals surface area contributed by atoms with E-state index in [1.54, 1.807) is 6.08 Å². The number of phosphoric acid groups is 1. The largest absolute Gasteiger partial charge is 0.472 e. The standard InChI is InChI=1S/C45H91N2O6P/c1-6-8-10-12-14-16-18-20-21-22-23-24-25-27-29-31-33-35-37-39-45(49)46-43(42-53-54(50,51)52-41-40-47(3,4)5)44(48)38-36-34-32-30-28-26-19-17-15-13-11-9-7-2/h36,38,43-44,48H,6-35,37,39-42H2,1-5H3,(H-,46,49,50,51)/p+1/b38-36+/t43-,44+/m0/s1. The number of allylic oxidation sites excluding steroid dienone is 1. The van der Waals surface area contributed by atoms with Gasteiger partial charge in [0, 0.05) is 6.42 Å². The molecule has 0 aromatic rings. The van der Waals surface area contributed by atoms with Crippen LogP contribution >= 0.6 is 7.82 Å². The lowest BCUT2D eigenvalue weighted by Gasteiger charge is -2.25. The fraction of sp³-hybridized carbons (Fsp3) is 0.933. The summed E-state index contributed by atoms with van der Waals surface area (Å²) in [6.07, 6.45) is 42.8. The predicted octanol–water partition coefficient (Wildman–Crippen LogP) is 12.8. The maximum absolute atomic E-state index is 12.9. The van der Waals surface area contributed by atoms with Gasteiger partial charge in [0.25, 0.3) is 0 Å². The molecule has 0 fully saturated rings. The molecule has 0 aliphatic rings. The Hall–Kier alpha value is -0.760. The van der Waals surface area contributed by atoms with E-state index in [1.807, 2.05) is 27.2 Å². The summed E-state index contributed by atoms with van der Waals surface area (Å²) in [7, 11) is 1.58. The van der Waals surface area contributed by atoms with E-state index in [1.165, 1.54) is 161 Å². The molecular formula is C45H92N2O6P+. The van der Waals surface area contributed by atoms with Crippen LogP contribution in [0.3, 0.4) is 0 Å². The highest BCUT2D eigenvalue weighted by Crippen LogP contribution is 2.43. The highest BCUT2D eigenvalue weighted by atomic mass is 31.2. The fourth-order valence-corrected chi connectivity index (χ4v) is 7.54. The number of phosphoric ester groups is 1. The number of aliphatic hydroxyl groups is 1. The van der Waals surface area contributed by atoms with Crippen molar-refractivity contribution < 1.29 is 32.9 Å². The third-order valence-electron chi connectivity index (χ3n) is 10.5. The van der Waals surface area contributed by atoms with E-state index >= 15 is 0 Å². The number of nitrogens with zero attached hydrogens (tertiary/aromatic N) is 1. The molecule has 3 atom stereocenters. The Kier molecular flexibility index (Phi) is 37.3. The van der Waals surface area contributed by atoms with Gasteiger partial charge in [-0.1, -0.05) is 206 Å². The normalized spacial score (nSPS) is 14.4. The first-order valence-electron chi connectivity index (χ1n) is 23.1. The molecule has 54 heavy (non-hydrogen) atoms. The summed E-state index contributed by atoms with van der Waals surface area (Å²) in [5.41, 5.74) is 0. The second-order valence-electron chi connectivity index (χ2n) is 17.1. The first-order valence-corrected chi connectivity index (χ1v) is 24.6. The van der Waals surface area contributed by atoms with Crippen LogP contribution in [-0.4, -0.2) is 73.4 Å². The van der Waals surface area contributed by atoms with E-state index < -0.39 is 20.0 Å². The fourth-order valence-electron chi connectivity index (χ4n) is 6.81. The van der Waals surface area contributed by atoms with Gasteiger partial charge in [-0.3, -0.25) is 13.8 Å². The molecule has 0 aliphatic carbocycles. The number of nitrogens with one attached hydrogen (secondary N) is 1. The minimum absolute atomic E-state index is 0.0646. The van der Waals surface area contributed by atoms with Gasteiger partial charge >= 0.3 is 7.82 Å². The smallest absolute Gasteiger partial charge is 0.387 e. The number of quaternary nitrogens is 1. The van der Waals surface area contributed by atoms with Crippen molar-refractivity contribution in [1.29, 1.82) is 0 Å². The zero-order chi connectivity index (χ0) is 40.0. The number of hydrogen-bond acceptors (Lipinski definition) is 5. The minimum atomic E-state index is -4.33. The van der Waals surface area contributed by atoms with Crippen molar-refractivity contribution >= 4 is 13.7 Å². The number of aliphatic hydroxyl groups excluding tert-OH is 1. The minimum Gasteiger partial charge on any atom is -0.387 e. The van der Waals surface area contributed by atoms with E-state index in [4.69, 9.17) is 9.05 Å². The number of rotatable bonds is 42. The van der Waals surface area contributed by atoms with Gasteiger partial charge in [0.05, 0.1) is 39.9 Å². The summed E-state index contributed by atoms with van der Waals surface area (Å²) in [6.45, 7) is 4.83. The summed E-state index contributed by atoms with van der Waals surface area (Å²) in [4.78, 5) is 23.1. The number of unbranched alkanes of at least 4 members (excludes halogenated alkanes) is 29. The van der Waals surface area contributed by atoms with Crippen molar-refractivity contribution in [2.75, 3.05) is 40.9 Å². The predicted molar refractivity (Wildman–Crippen MR) is 231 cm³/mol. The van der Waals surface area contributed by atoms with Gasteiger partial charge in [0.1, 0.15) is 13.2 Å². The van der Waals surface area contributed by atoms with Crippen LogP contribution in [0.5, 0.6) is 0 Å². The number of likely N-dealkylation sites (N-methyl/N-ethyl adjacent to an activating group) is 1. The Bertz CT molecular complexity index is 896. The number of amides is 1. The van der Waals surface area contributed by atoms with Crippen LogP contribution in [0, 0.1) is 0 Å². The highest BCUT2D eigenvalue weighted by Gasteiger charge is 2.27. The Morgan fingerprint density at radius 1 is 0.611 bits per heavy atom. The van der Waals surface area contributed by atoms with Crippen LogP contribution in [0.4, 0.5) is 0 Å². The Morgan fingerprint density at radius 3 is 1.37 bits per heavy atom. The van der Waals surface area contributed by atoms with Crippen molar-refractivity contribution in [1.82, 2.24) is 5.32 Å². The third kappa shape index (κ3) is 39.5. The summed E-state index contributed by atoms with van der Waals surface area (Å²) in [5.74, 6) is -0.174. The van der Waals surface area contributed by atoms with Crippen molar-refractivity contribution in [2.24, 2.45) is 0 Å². The maximum Gasteiger partial charge on any atom is 0.472 e. The van der Waals surface area contributed by atoms with Crippen molar-refractivity contribution in [2.45, 2.75) is 231 Å². The van der Waals surface area contributed by atoms with Crippen LogP contribution in [0.25, 0.3) is 0 Å². The Morgan fingerprint density at radius 2 is 0.981 bits per heavy atom. The van der Waals surface area contributed by atoms with E-state index in [0.29, 0.717) is 17.4 Å². The second kappa shape index (κ2) is 37.8.